The third-order valence-corrected chi connectivity index (χ3v) is 3.12. The monoisotopic (exact) mass is 237 g/mol. The molecule has 1 saturated carbocycles. The molecule has 0 aromatic heterocycles. The van der Waals surface area contributed by atoms with Crippen LogP contribution >= 0.6 is 0 Å². The quantitative estimate of drug-likeness (QED) is 0.754. The van der Waals surface area contributed by atoms with Crippen LogP contribution in [-0.4, -0.2) is 31.6 Å². The molecule has 1 aromatic carbocycles. The van der Waals surface area contributed by atoms with E-state index in [1.54, 1.807) is 12.1 Å². The Labute approximate surface area is 102 Å². The van der Waals surface area contributed by atoms with Crippen LogP contribution in [-0.2, 0) is 0 Å². The summed E-state index contributed by atoms with van der Waals surface area (Å²) in [6, 6.07) is 6.66. The molecule has 0 aliphatic heterocycles. The molecule has 1 fully saturated rings. The van der Waals surface area contributed by atoms with Crippen LogP contribution in [0.25, 0.3) is 0 Å². The van der Waals surface area contributed by atoms with Gasteiger partial charge in [-0.25, -0.2) is 4.39 Å². The van der Waals surface area contributed by atoms with Crippen molar-refractivity contribution >= 4 is 0 Å². The average molecular weight is 237 g/mol. The predicted molar refractivity (Wildman–Crippen MR) is 66.7 cm³/mol. The maximum atomic E-state index is 13.5. The standard InChI is InChI=1S/C14H20FNO/c1-16(2)10-9-13(11-7-8-11)17-14-6-4-3-5-12(14)15/h3-6,11,13H,7-10H2,1-2H3. The molecule has 0 heterocycles. The van der Waals surface area contributed by atoms with Gasteiger partial charge in [0.05, 0.1) is 0 Å². The van der Waals surface area contributed by atoms with Crippen LogP contribution < -0.4 is 4.74 Å². The lowest BCUT2D eigenvalue weighted by Crippen LogP contribution is -2.25. The molecular weight excluding hydrogens is 217 g/mol. The highest BCUT2D eigenvalue weighted by atomic mass is 19.1. The Balaban J connectivity index is 1.95. The third kappa shape index (κ3) is 3.70. The number of halogens is 1. The van der Waals surface area contributed by atoms with E-state index in [4.69, 9.17) is 4.74 Å². The van der Waals surface area contributed by atoms with E-state index in [0.29, 0.717) is 11.7 Å². The van der Waals surface area contributed by atoms with Crippen molar-refractivity contribution in [1.82, 2.24) is 4.90 Å². The van der Waals surface area contributed by atoms with Gasteiger partial charge in [0.2, 0.25) is 0 Å². The minimum absolute atomic E-state index is 0.161. The first-order valence-electron chi connectivity index (χ1n) is 6.22. The van der Waals surface area contributed by atoms with E-state index in [-0.39, 0.29) is 11.9 Å². The van der Waals surface area contributed by atoms with Gasteiger partial charge >= 0.3 is 0 Å². The lowest BCUT2D eigenvalue weighted by molar-refractivity contribution is 0.149. The summed E-state index contributed by atoms with van der Waals surface area (Å²) >= 11 is 0. The van der Waals surface area contributed by atoms with Gasteiger partial charge in [0, 0.05) is 6.54 Å². The van der Waals surface area contributed by atoms with Crippen LogP contribution in [0.15, 0.2) is 24.3 Å². The minimum Gasteiger partial charge on any atom is -0.487 e. The van der Waals surface area contributed by atoms with Gasteiger partial charge in [-0.3, -0.25) is 0 Å². The smallest absolute Gasteiger partial charge is 0.165 e. The van der Waals surface area contributed by atoms with Crippen LogP contribution in [0.3, 0.4) is 0 Å². The highest BCUT2D eigenvalue weighted by Gasteiger charge is 2.33. The van der Waals surface area contributed by atoms with Crippen LogP contribution in [0.1, 0.15) is 19.3 Å². The lowest BCUT2D eigenvalue weighted by Gasteiger charge is -2.21. The van der Waals surface area contributed by atoms with E-state index in [9.17, 15) is 4.39 Å². The largest absolute Gasteiger partial charge is 0.487 e. The van der Waals surface area contributed by atoms with E-state index in [0.717, 1.165) is 13.0 Å². The number of rotatable bonds is 6. The van der Waals surface area contributed by atoms with Crippen LogP contribution in [0.4, 0.5) is 4.39 Å². The summed E-state index contributed by atoms with van der Waals surface area (Å²) in [6.45, 7) is 0.982. The lowest BCUT2D eigenvalue weighted by atomic mass is 10.1. The molecule has 0 bridgehead atoms. The van der Waals surface area contributed by atoms with Crippen LogP contribution in [0.2, 0.25) is 0 Å². The Morgan fingerprint density at radius 3 is 2.65 bits per heavy atom. The Morgan fingerprint density at radius 1 is 1.35 bits per heavy atom. The molecule has 1 atom stereocenters. The molecule has 0 N–H and O–H groups in total. The minimum atomic E-state index is -0.261. The van der Waals surface area contributed by atoms with Gasteiger partial charge in [-0.2, -0.15) is 0 Å². The zero-order valence-electron chi connectivity index (χ0n) is 10.5. The second-order valence-electron chi connectivity index (χ2n) is 5.02. The highest BCUT2D eigenvalue weighted by molar-refractivity contribution is 5.24. The fourth-order valence-electron chi connectivity index (χ4n) is 1.95. The molecule has 0 saturated heterocycles. The van der Waals surface area contributed by atoms with Crippen LogP contribution in [0, 0.1) is 11.7 Å². The number of para-hydroxylation sites is 1. The molecule has 0 spiro atoms. The Bertz CT molecular complexity index is 363. The van der Waals surface area contributed by atoms with Gasteiger partial charge < -0.3 is 9.64 Å². The normalized spacial score (nSPS) is 17.2. The van der Waals surface area contributed by atoms with Crippen molar-refractivity contribution in [1.29, 1.82) is 0 Å². The summed E-state index contributed by atoms with van der Waals surface area (Å²) in [6.07, 6.45) is 3.56. The molecule has 3 heteroatoms. The molecule has 1 aromatic rings. The van der Waals surface area contributed by atoms with E-state index >= 15 is 0 Å². The van der Waals surface area contributed by atoms with E-state index in [1.165, 1.54) is 18.9 Å². The van der Waals surface area contributed by atoms with Crippen LogP contribution in [0.5, 0.6) is 5.75 Å². The molecule has 0 radical (unpaired) electrons. The van der Waals surface area contributed by atoms with E-state index in [2.05, 4.69) is 4.90 Å². The van der Waals surface area contributed by atoms with Gasteiger partial charge in [-0.05, 0) is 51.4 Å². The molecule has 1 unspecified atom stereocenters. The van der Waals surface area contributed by atoms with Gasteiger partial charge in [-0.15, -0.1) is 0 Å². The maximum absolute atomic E-state index is 13.5. The van der Waals surface area contributed by atoms with Gasteiger partial charge in [0.15, 0.2) is 11.6 Å². The molecule has 2 nitrogen and oxygen atoms in total. The zero-order chi connectivity index (χ0) is 12.3. The molecule has 17 heavy (non-hydrogen) atoms. The SMILES string of the molecule is CN(C)CCC(Oc1ccccc1F)C1CC1. The molecular formula is C14H20FNO. The first-order valence-corrected chi connectivity index (χ1v) is 6.22. The van der Waals surface area contributed by atoms with E-state index < -0.39 is 0 Å². The third-order valence-electron chi connectivity index (χ3n) is 3.12. The van der Waals surface area contributed by atoms with Crippen molar-refractivity contribution in [2.75, 3.05) is 20.6 Å². The van der Waals surface area contributed by atoms with Gasteiger partial charge in [-0.1, -0.05) is 12.1 Å². The topological polar surface area (TPSA) is 12.5 Å². The number of hydrogen-bond donors (Lipinski definition) is 0. The van der Waals surface area contributed by atoms with Crippen molar-refractivity contribution in [2.24, 2.45) is 5.92 Å². The first-order chi connectivity index (χ1) is 8.16. The highest BCUT2D eigenvalue weighted by Crippen LogP contribution is 2.36. The number of hydrogen-bond acceptors (Lipinski definition) is 2. The summed E-state index contributed by atoms with van der Waals surface area (Å²) in [4.78, 5) is 2.14. The van der Waals surface area contributed by atoms with Crippen molar-refractivity contribution < 1.29 is 9.13 Å². The molecule has 94 valence electrons. The van der Waals surface area contributed by atoms with E-state index in [1.807, 2.05) is 20.2 Å². The molecule has 2 rings (SSSR count). The second kappa shape index (κ2) is 5.50. The fourth-order valence-corrected chi connectivity index (χ4v) is 1.95. The zero-order valence-corrected chi connectivity index (χ0v) is 10.5. The average Bonchev–Trinajstić information content (AvgIpc) is 3.10. The molecule has 0 amide bonds. The fraction of sp³-hybridized carbons (Fsp3) is 0.571. The maximum Gasteiger partial charge on any atom is 0.165 e. The predicted octanol–water partition coefficient (Wildman–Crippen LogP) is 2.93. The Morgan fingerprint density at radius 2 is 2.06 bits per heavy atom. The summed E-state index contributed by atoms with van der Waals surface area (Å²) in [5.41, 5.74) is 0. The first kappa shape index (κ1) is 12.4. The van der Waals surface area contributed by atoms with Crippen molar-refractivity contribution in [3.63, 3.8) is 0 Å². The summed E-state index contributed by atoms with van der Waals surface area (Å²) in [5.74, 6) is 0.751. The molecule has 1 aliphatic carbocycles. The summed E-state index contributed by atoms with van der Waals surface area (Å²) in [7, 11) is 4.10. The van der Waals surface area contributed by atoms with Crippen molar-refractivity contribution in [2.45, 2.75) is 25.4 Å². The van der Waals surface area contributed by atoms with Crippen molar-refractivity contribution in [3.05, 3.63) is 30.1 Å². The number of benzene rings is 1. The summed E-state index contributed by atoms with van der Waals surface area (Å²) < 4.78 is 19.3. The number of ether oxygens (including phenoxy) is 1. The Kier molecular flexibility index (Phi) is 4.00. The number of nitrogens with zero attached hydrogens (tertiary/aromatic N) is 1. The van der Waals surface area contributed by atoms with Crippen molar-refractivity contribution in [3.8, 4) is 5.75 Å². The summed E-state index contributed by atoms with van der Waals surface area (Å²) in [5, 5.41) is 0. The van der Waals surface area contributed by atoms with Gasteiger partial charge in [0.25, 0.3) is 0 Å². The Hall–Kier alpha value is -1.09. The van der Waals surface area contributed by atoms with Gasteiger partial charge in [0.1, 0.15) is 6.10 Å². The molecule has 1 aliphatic rings. The second-order valence-corrected chi connectivity index (χ2v) is 5.02.